The highest BCUT2D eigenvalue weighted by atomic mass is 16.5. The molecule has 1 aromatic heterocycles. The van der Waals surface area contributed by atoms with Crippen LogP contribution in [-0.2, 0) is 17.8 Å². The summed E-state index contributed by atoms with van der Waals surface area (Å²) in [5.41, 5.74) is 11.2. The minimum absolute atomic E-state index is 0.140. The molecule has 0 saturated heterocycles. The number of carbonyl (C=O) groups is 3. The van der Waals surface area contributed by atoms with E-state index in [1.807, 2.05) is 78.9 Å². The molecule has 1 atom stereocenters. The molecule has 0 aliphatic carbocycles. The molecule has 49 heavy (non-hydrogen) atoms. The maximum atomic E-state index is 14.6. The summed E-state index contributed by atoms with van der Waals surface area (Å²) in [5.74, 6) is -1.46. The van der Waals surface area contributed by atoms with Crippen LogP contribution >= 0.6 is 0 Å². The summed E-state index contributed by atoms with van der Waals surface area (Å²) in [5, 5.41) is 14.6. The normalized spacial score (nSPS) is 13.9. The quantitative estimate of drug-likeness (QED) is 0.196. The van der Waals surface area contributed by atoms with E-state index in [1.54, 1.807) is 56.9 Å². The Morgan fingerprint density at radius 3 is 2.12 bits per heavy atom. The van der Waals surface area contributed by atoms with Crippen LogP contribution in [0.2, 0.25) is 0 Å². The van der Waals surface area contributed by atoms with Crippen LogP contribution in [0.5, 0.6) is 5.75 Å². The minimum Gasteiger partial charge on any atom is -0.482 e. The molecule has 1 aliphatic heterocycles. The van der Waals surface area contributed by atoms with Gasteiger partial charge < -0.3 is 20.5 Å². The summed E-state index contributed by atoms with van der Waals surface area (Å²) >= 11 is 0. The number of hydrogen-bond acceptors (Lipinski definition) is 6. The van der Waals surface area contributed by atoms with Crippen molar-refractivity contribution in [3.63, 3.8) is 0 Å². The molecule has 0 fully saturated rings. The molecule has 10 nitrogen and oxygen atoms in total. The zero-order valence-corrected chi connectivity index (χ0v) is 26.5. The average molecular weight is 652 g/mol. The SMILES string of the molecule is NC[C@@H]1Cc2ccccc2CN1C(=O)c1ccccc1-n1nc(C(=O)N(c2ccccc2)c2ccccc2)c2ccc(OCC(=O)O)cc21. The first-order valence-electron chi connectivity index (χ1n) is 15.9. The average Bonchev–Trinajstić information content (AvgIpc) is 3.53. The van der Waals surface area contributed by atoms with Crippen LogP contribution in [0, 0.1) is 0 Å². The topological polar surface area (TPSA) is 131 Å². The maximum Gasteiger partial charge on any atom is 0.341 e. The van der Waals surface area contributed by atoms with Crippen molar-refractivity contribution in [2.75, 3.05) is 18.1 Å². The highest BCUT2D eigenvalue weighted by Gasteiger charge is 2.32. The van der Waals surface area contributed by atoms with Crippen LogP contribution in [0.25, 0.3) is 16.6 Å². The molecule has 244 valence electrons. The van der Waals surface area contributed by atoms with Crippen LogP contribution in [0.3, 0.4) is 0 Å². The molecule has 3 N–H and O–H groups in total. The number of aromatic nitrogens is 2. The first-order chi connectivity index (χ1) is 23.9. The zero-order valence-electron chi connectivity index (χ0n) is 26.5. The number of benzene rings is 5. The Hall–Kier alpha value is -6.26. The second kappa shape index (κ2) is 13.5. The molecule has 5 aromatic carbocycles. The number of carboxylic acid groups (broad SMARTS) is 1. The van der Waals surface area contributed by atoms with Gasteiger partial charge in [0, 0.05) is 42.0 Å². The number of carbonyl (C=O) groups excluding carboxylic acids is 2. The predicted molar refractivity (Wildman–Crippen MR) is 186 cm³/mol. The summed E-state index contributed by atoms with van der Waals surface area (Å²) in [6.45, 7) is 0.156. The number of nitrogens with two attached hydrogens (primary N) is 1. The second-order valence-electron chi connectivity index (χ2n) is 11.7. The fourth-order valence-corrected chi connectivity index (χ4v) is 6.34. The Kier molecular flexibility index (Phi) is 8.61. The van der Waals surface area contributed by atoms with Crippen LogP contribution < -0.4 is 15.4 Å². The van der Waals surface area contributed by atoms with Gasteiger partial charge in [-0.1, -0.05) is 72.8 Å². The number of amides is 2. The van der Waals surface area contributed by atoms with Gasteiger partial charge in [-0.2, -0.15) is 5.10 Å². The zero-order chi connectivity index (χ0) is 33.9. The first-order valence-corrected chi connectivity index (χ1v) is 15.9. The largest absolute Gasteiger partial charge is 0.482 e. The molecule has 0 saturated carbocycles. The van der Waals surface area contributed by atoms with E-state index in [1.165, 1.54) is 5.56 Å². The second-order valence-corrected chi connectivity index (χ2v) is 11.7. The van der Waals surface area contributed by atoms with Crippen molar-refractivity contribution in [1.29, 1.82) is 0 Å². The van der Waals surface area contributed by atoms with Crippen molar-refractivity contribution >= 4 is 40.1 Å². The number of para-hydroxylation sites is 3. The number of anilines is 2. The number of nitrogens with zero attached hydrogens (tertiary/aromatic N) is 4. The fourth-order valence-electron chi connectivity index (χ4n) is 6.34. The summed E-state index contributed by atoms with van der Waals surface area (Å²) in [6, 6.07) is 38.5. The van der Waals surface area contributed by atoms with Gasteiger partial charge in [-0.25, -0.2) is 9.48 Å². The highest BCUT2D eigenvalue weighted by molar-refractivity contribution is 6.16. The summed E-state index contributed by atoms with van der Waals surface area (Å²) in [7, 11) is 0. The van der Waals surface area contributed by atoms with E-state index in [2.05, 4.69) is 6.07 Å². The van der Waals surface area contributed by atoms with Crippen LogP contribution in [0.4, 0.5) is 11.4 Å². The van der Waals surface area contributed by atoms with Crippen LogP contribution in [-0.4, -0.2) is 56.8 Å². The number of rotatable bonds is 9. The summed E-state index contributed by atoms with van der Waals surface area (Å²) < 4.78 is 7.09. The Bertz CT molecular complexity index is 2130. The Morgan fingerprint density at radius 2 is 1.45 bits per heavy atom. The molecule has 0 unspecified atom stereocenters. The lowest BCUT2D eigenvalue weighted by atomic mass is 9.93. The number of carboxylic acids is 1. The van der Waals surface area contributed by atoms with Gasteiger partial charge in [-0.05, 0) is 66.1 Å². The lowest BCUT2D eigenvalue weighted by Gasteiger charge is -2.36. The third-order valence-corrected chi connectivity index (χ3v) is 8.70. The van der Waals surface area contributed by atoms with Crippen molar-refractivity contribution in [3.8, 4) is 11.4 Å². The third kappa shape index (κ3) is 6.13. The van der Waals surface area contributed by atoms with Crippen molar-refractivity contribution in [2.24, 2.45) is 5.73 Å². The molecular weight excluding hydrogens is 618 g/mol. The number of hydrogen-bond donors (Lipinski definition) is 2. The van der Waals surface area contributed by atoms with Crippen molar-refractivity contribution < 1.29 is 24.2 Å². The van der Waals surface area contributed by atoms with Crippen molar-refractivity contribution in [2.45, 2.75) is 19.0 Å². The number of aliphatic carboxylic acids is 1. The van der Waals surface area contributed by atoms with Gasteiger partial charge in [-0.15, -0.1) is 0 Å². The summed E-state index contributed by atoms with van der Waals surface area (Å²) in [6.07, 6.45) is 0.642. The van der Waals surface area contributed by atoms with E-state index in [0.717, 1.165) is 5.56 Å². The molecule has 2 amide bonds. The van der Waals surface area contributed by atoms with E-state index in [0.29, 0.717) is 53.0 Å². The Morgan fingerprint density at radius 1 is 0.816 bits per heavy atom. The molecule has 1 aliphatic rings. The minimum atomic E-state index is -1.13. The smallest absolute Gasteiger partial charge is 0.341 e. The van der Waals surface area contributed by atoms with Gasteiger partial charge in [0.1, 0.15) is 5.75 Å². The van der Waals surface area contributed by atoms with E-state index in [4.69, 9.17) is 15.6 Å². The maximum absolute atomic E-state index is 14.6. The predicted octanol–water partition coefficient (Wildman–Crippen LogP) is 5.99. The molecule has 10 heteroatoms. The third-order valence-electron chi connectivity index (χ3n) is 8.70. The van der Waals surface area contributed by atoms with E-state index in [-0.39, 0.29) is 29.3 Å². The standard InChI is InChI=1S/C39H33N5O5/c40-23-30-21-26-11-7-8-12-27(26)24-42(30)38(47)33-17-9-10-18-34(33)44-35-22-31(49-25-36(45)46)19-20-32(35)37(41-44)39(48)43(28-13-3-1-4-14-28)29-15-5-2-6-16-29/h1-20,22,30H,21,23-25,40H2,(H,45,46)/t30-/m0/s1. The molecule has 6 aromatic rings. The molecule has 7 rings (SSSR count). The molecular formula is C39H33N5O5. The van der Waals surface area contributed by atoms with Gasteiger partial charge >= 0.3 is 5.97 Å². The van der Waals surface area contributed by atoms with E-state index >= 15 is 0 Å². The molecule has 0 spiro atoms. The van der Waals surface area contributed by atoms with Crippen LogP contribution in [0.15, 0.2) is 127 Å². The highest BCUT2D eigenvalue weighted by Crippen LogP contribution is 2.33. The Labute approximate surface area is 282 Å². The lowest BCUT2D eigenvalue weighted by molar-refractivity contribution is -0.139. The summed E-state index contributed by atoms with van der Waals surface area (Å²) in [4.78, 5) is 43.8. The van der Waals surface area contributed by atoms with Gasteiger partial charge in [0.05, 0.1) is 16.8 Å². The fraction of sp³-hybridized carbons (Fsp3) is 0.128. The number of fused-ring (bicyclic) bond motifs is 2. The van der Waals surface area contributed by atoms with Gasteiger partial charge in [0.15, 0.2) is 12.3 Å². The monoisotopic (exact) mass is 651 g/mol. The van der Waals surface area contributed by atoms with Gasteiger partial charge in [0.25, 0.3) is 11.8 Å². The van der Waals surface area contributed by atoms with Gasteiger partial charge in [0.2, 0.25) is 0 Å². The van der Waals surface area contributed by atoms with Crippen LogP contribution in [0.1, 0.15) is 32.0 Å². The molecule has 0 bridgehead atoms. The molecule has 0 radical (unpaired) electrons. The first kappa shape index (κ1) is 31.3. The van der Waals surface area contributed by atoms with E-state index in [9.17, 15) is 19.5 Å². The number of ether oxygens (including phenoxy) is 1. The lowest BCUT2D eigenvalue weighted by Crippen LogP contribution is -2.48. The Balaban J connectivity index is 1.37. The van der Waals surface area contributed by atoms with Crippen molar-refractivity contribution in [3.05, 3.63) is 150 Å². The van der Waals surface area contributed by atoms with Gasteiger partial charge in [-0.3, -0.25) is 14.5 Å². The molecule has 2 heterocycles. The van der Waals surface area contributed by atoms with E-state index < -0.39 is 12.6 Å². The van der Waals surface area contributed by atoms with Crippen molar-refractivity contribution in [1.82, 2.24) is 14.7 Å².